The van der Waals surface area contributed by atoms with Crippen LogP contribution >= 0.6 is 16.5 Å². The van der Waals surface area contributed by atoms with Crippen molar-refractivity contribution < 1.29 is 65.8 Å². The third-order valence-corrected chi connectivity index (χ3v) is 3.02. The van der Waals surface area contributed by atoms with Crippen molar-refractivity contribution in [3.05, 3.63) is 0 Å². The summed E-state index contributed by atoms with van der Waals surface area (Å²) in [6, 6.07) is 0. The van der Waals surface area contributed by atoms with E-state index >= 15 is 0 Å². The van der Waals surface area contributed by atoms with Crippen molar-refractivity contribution >= 4 is 16.5 Å². The fourth-order valence-electron chi connectivity index (χ4n) is 0.429. The first-order chi connectivity index (χ1) is 4.72. The van der Waals surface area contributed by atoms with Gasteiger partial charge in [0.2, 0.25) is 0 Å². The molecule has 0 spiro atoms. The zero-order valence-corrected chi connectivity index (χ0v) is 9.12. The molecular formula is C2H6DyO6P2. The summed E-state index contributed by atoms with van der Waals surface area (Å²) in [6.45, 7) is -0.476. The molecule has 0 aromatic carbocycles. The first-order valence-corrected chi connectivity index (χ1v) is 4.87. The van der Waals surface area contributed by atoms with Gasteiger partial charge in [-0.05, 0) is 0 Å². The van der Waals surface area contributed by atoms with Crippen LogP contribution < -0.4 is 0 Å². The van der Waals surface area contributed by atoms with Crippen LogP contribution in [0.5, 0.6) is 0 Å². The molecule has 0 aromatic heterocycles. The van der Waals surface area contributed by atoms with Gasteiger partial charge in [0.05, 0.1) is 6.61 Å². The minimum Gasteiger partial charge on any atom is -0.391 e. The summed E-state index contributed by atoms with van der Waals surface area (Å²) in [5.41, 5.74) is 0. The normalized spacial score (nSPS) is 37.7. The second-order valence-corrected chi connectivity index (χ2v) is 3.74. The molecule has 2 unspecified atom stereocenters. The Balaban J connectivity index is 0.000001000. The number of aliphatic hydroxyl groups is 1. The van der Waals surface area contributed by atoms with Crippen molar-refractivity contribution in [1.29, 1.82) is 0 Å². The summed E-state index contributed by atoms with van der Waals surface area (Å²) in [4.78, 5) is 0. The summed E-state index contributed by atoms with van der Waals surface area (Å²) in [5.74, 6) is 0. The van der Waals surface area contributed by atoms with E-state index in [1.807, 2.05) is 0 Å². The van der Waals surface area contributed by atoms with Gasteiger partial charge in [-0.15, -0.1) is 0 Å². The smallest absolute Gasteiger partial charge is 0.328 e. The van der Waals surface area contributed by atoms with Gasteiger partial charge < -0.3 is 5.11 Å². The molecule has 70 valence electrons. The molecule has 0 bridgehead atoms. The molecule has 0 saturated carbocycles. The van der Waals surface area contributed by atoms with Crippen LogP contribution in [-0.4, -0.2) is 18.0 Å². The molecule has 6 nitrogen and oxygen atoms in total. The SMILES string of the molecule is O=[PH]1OC(CO)O[PH](=O)O1.[Dy]. The maximum absolute atomic E-state index is 10.4. The fourth-order valence-corrected chi connectivity index (χ4v) is 2.13. The van der Waals surface area contributed by atoms with E-state index in [2.05, 4.69) is 13.4 Å². The number of hydrogen-bond acceptors (Lipinski definition) is 6. The Hall–Kier alpha value is 1.57. The van der Waals surface area contributed by atoms with E-state index in [1.165, 1.54) is 0 Å². The molecule has 0 aromatic rings. The topological polar surface area (TPSA) is 82.1 Å². The van der Waals surface area contributed by atoms with Crippen LogP contribution in [0.25, 0.3) is 0 Å². The number of rotatable bonds is 1. The van der Waals surface area contributed by atoms with Crippen molar-refractivity contribution in [1.82, 2.24) is 0 Å². The Kier molecular flexibility index (Phi) is 6.96. The average molecular weight is 351 g/mol. The molecule has 1 heterocycles. The van der Waals surface area contributed by atoms with Gasteiger partial charge in [-0.2, -0.15) is 0 Å². The predicted molar refractivity (Wildman–Crippen MR) is 32.1 cm³/mol. The third-order valence-electron chi connectivity index (χ3n) is 0.771. The van der Waals surface area contributed by atoms with E-state index in [9.17, 15) is 9.13 Å². The Morgan fingerprint density at radius 1 is 1.27 bits per heavy atom. The molecule has 0 amide bonds. The van der Waals surface area contributed by atoms with E-state index in [0.29, 0.717) is 0 Å². The quantitative estimate of drug-likeness (QED) is 0.678. The minimum absolute atomic E-state index is 0. The molecule has 11 heavy (non-hydrogen) atoms. The summed E-state index contributed by atoms with van der Waals surface area (Å²) in [7, 11) is -5.41. The second kappa shape index (κ2) is 6.09. The summed E-state index contributed by atoms with van der Waals surface area (Å²) < 4.78 is 33.8. The first-order valence-electron chi connectivity index (χ1n) is 2.42. The molecule has 9 heteroatoms. The molecule has 0 aliphatic carbocycles. The Morgan fingerprint density at radius 3 is 2.09 bits per heavy atom. The first kappa shape index (κ1) is 12.6. The van der Waals surface area contributed by atoms with Gasteiger partial charge in [0.25, 0.3) is 0 Å². The monoisotopic (exact) mass is 352 g/mol. The zero-order valence-electron chi connectivity index (χ0n) is 5.09. The van der Waals surface area contributed by atoms with Crippen LogP contribution in [0.3, 0.4) is 0 Å². The van der Waals surface area contributed by atoms with E-state index in [0.717, 1.165) is 0 Å². The van der Waals surface area contributed by atoms with Gasteiger partial charge in [-0.1, -0.05) is 0 Å². The van der Waals surface area contributed by atoms with Gasteiger partial charge in [-0.3, -0.25) is 18.2 Å². The predicted octanol–water partition coefficient (Wildman–Crippen LogP) is 0.148. The van der Waals surface area contributed by atoms with Crippen molar-refractivity contribution in [3.63, 3.8) is 0 Å². The maximum Gasteiger partial charge on any atom is 0.328 e. The van der Waals surface area contributed by atoms with Gasteiger partial charge >= 0.3 is 16.5 Å². The molecule has 1 aliphatic heterocycles. The van der Waals surface area contributed by atoms with Crippen molar-refractivity contribution in [2.24, 2.45) is 0 Å². The van der Waals surface area contributed by atoms with Crippen LogP contribution in [0.4, 0.5) is 0 Å². The second-order valence-electron chi connectivity index (χ2n) is 1.45. The Labute approximate surface area is 94.5 Å². The molecule has 1 N–H and O–H groups in total. The van der Waals surface area contributed by atoms with Gasteiger partial charge in [0.1, 0.15) is 0 Å². The molecule has 1 aliphatic rings. The van der Waals surface area contributed by atoms with Crippen LogP contribution in [0.15, 0.2) is 0 Å². The Morgan fingerprint density at radius 2 is 1.73 bits per heavy atom. The summed E-state index contributed by atoms with van der Waals surface area (Å²) >= 11 is 0. The molecule has 1 saturated heterocycles. The van der Waals surface area contributed by atoms with E-state index < -0.39 is 29.4 Å². The van der Waals surface area contributed by atoms with E-state index in [1.54, 1.807) is 0 Å². The van der Waals surface area contributed by atoms with Crippen LogP contribution in [-0.2, 0) is 22.5 Å². The van der Waals surface area contributed by atoms with Gasteiger partial charge in [0, 0.05) is 38.2 Å². The molecular weight excluding hydrogens is 344 g/mol. The van der Waals surface area contributed by atoms with Crippen LogP contribution in [0.1, 0.15) is 0 Å². The molecule has 0 radical (unpaired) electrons. The number of aliphatic hydroxyl groups excluding tert-OH is 1. The average Bonchev–Trinajstić information content (AvgIpc) is 1.85. The van der Waals surface area contributed by atoms with Gasteiger partial charge in [0.15, 0.2) is 6.29 Å². The summed E-state index contributed by atoms with van der Waals surface area (Å²) in [6.07, 6.45) is -1.06. The van der Waals surface area contributed by atoms with Crippen LogP contribution in [0, 0.1) is 38.2 Å². The van der Waals surface area contributed by atoms with Gasteiger partial charge in [-0.25, -0.2) is 4.31 Å². The van der Waals surface area contributed by atoms with E-state index in [-0.39, 0.29) is 38.2 Å². The maximum atomic E-state index is 10.4. The molecule has 1 rings (SSSR count). The van der Waals surface area contributed by atoms with Crippen LogP contribution in [0.2, 0.25) is 0 Å². The minimum atomic E-state index is -2.70. The Bertz CT molecular complexity index is 156. The van der Waals surface area contributed by atoms with E-state index in [4.69, 9.17) is 5.11 Å². The summed E-state index contributed by atoms with van der Waals surface area (Å²) in [5, 5.41) is 8.38. The zero-order chi connectivity index (χ0) is 7.56. The fraction of sp³-hybridized carbons (Fsp3) is 1.00. The standard InChI is InChI=1S/C2H6O6P2.Dy/c3-1-2-6-9(4)8-10(5)7-2;/h2-3,9-10H,1H2;. The van der Waals surface area contributed by atoms with Crippen molar-refractivity contribution in [2.45, 2.75) is 6.29 Å². The molecule has 1 fully saturated rings. The largest absolute Gasteiger partial charge is 0.391 e. The van der Waals surface area contributed by atoms with Crippen molar-refractivity contribution in [2.75, 3.05) is 6.61 Å². The third kappa shape index (κ3) is 4.37. The molecule has 2 atom stereocenters. The van der Waals surface area contributed by atoms with Crippen molar-refractivity contribution in [3.8, 4) is 0 Å². The number of hydrogen-bond donors (Lipinski definition) is 1.